The van der Waals surface area contributed by atoms with Gasteiger partial charge in [0.1, 0.15) is 0 Å². The third-order valence-electron chi connectivity index (χ3n) is 2.42. The quantitative estimate of drug-likeness (QED) is 0.692. The van der Waals surface area contributed by atoms with Gasteiger partial charge in [0.2, 0.25) is 0 Å². The lowest BCUT2D eigenvalue weighted by Gasteiger charge is -2.06. The van der Waals surface area contributed by atoms with Crippen LogP contribution in [0.4, 0.5) is 0 Å². The molecule has 0 radical (unpaired) electrons. The molecule has 0 atom stereocenters. The van der Waals surface area contributed by atoms with E-state index < -0.39 is 0 Å². The lowest BCUT2D eigenvalue weighted by atomic mass is 9.99. The first-order valence-electron chi connectivity index (χ1n) is 5.32. The molecule has 0 spiro atoms. The molecule has 0 amide bonds. The van der Waals surface area contributed by atoms with E-state index in [0.29, 0.717) is 6.42 Å². The van der Waals surface area contributed by atoms with Crippen LogP contribution in [-0.4, -0.2) is 0 Å². The van der Waals surface area contributed by atoms with Crippen molar-refractivity contribution in [1.29, 1.82) is 5.26 Å². The third kappa shape index (κ3) is 3.22. The first-order chi connectivity index (χ1) is 6.88. The predicted molar refractivity (Wildman–Crippen MR) is 59.0 cm³/mol. The van der Waals surface area contributed by atoms with Crippen molar-refractivity contribution in [3.63, 3.8) is 0 Å². The van der Waals surface area contributed by atoms with Crippen LogP contribution in [0.25, 0.3) is 0 Å². The minimum Gasteiger partial charge on any atom is -0.198 e. The number of nitriles is 1. The van der Waals surface area contributed by atoms with Gasteiger partial charge in [-0.1, -0.05) is 37.6 Å². The molecule has 0 saturated heterocycles. The molecule has 1 heteroatoms. The molecule has 1 aromatic carbocycles. The zero-order chi connectivity index (χ0) is 10.2. The SMILES string of the molecule is CCCCc1ccccc1CCC#N. The van der Waals surface area contributed by atoms with Gasteiger partial charge in [-0.2, -0.15) is 5.26 Å². The number of benzene rings is 1. The Bertz CT molecular complexity index is 309. The van der Waals surface area contributed by atoms with Crippen molar-refractivity contribution in [2.75, 3.05) is 0 Å². The maximum atomic E-state index is 8.54. The Balaban J connectivity index is 2.65. The number of rotatable bonds is 5. The van der Waals surface area contributed by atoms with Crippen LogP contribution in [0, 0.1) is 11.3 Å². The number of aryl methyl sites for hydroxylation is 2. The Morgan fingerprint density at radius 1 is 1.14 bits per heavy atom. The molecular weight excluding hydrogens is 170 g/mol. The molecular formula is C13H17N. The average molecular weight is 187 g/mol. The van der Waals surface area contributed by atoms with E-state index in [0.717, 1.165) is 12.8 Å². The predicted octanol–water partition coefficient (Wildman–Crippen LogP) is 3.49. The fourth-order valence-electron chi connectivity index (χ4n) is 1.60. The van der Waals surface area contributed by atoms with Crippen LogP contribution < -0.4 is 0 Å². The van der Waals surface area contributed by atoms with E-state index in [1.54, 1.807) is 0 Å². The van der Waals surface area contributed by atoms with Crippen LogP contribution in [0.5, 0.6) is 0 Å². The van der Waals surface area contributed by atoms with E-state index in [1.807, 2.05) is 0 Å². The van der Waals surface area contributed by atoms with Crippen molar-refractivity contribution in [3.05, 3.63) is 35.4 Å². The summed E-state index contributed by atoms with van der Waals surface area (Å²) in [6, 6.07) is 10.7. The van der Waals surface area contributed by atoms with Crippen molar-refractivity contribution in [1.82, 2.24) is 0 Å². The molecule has 0 aliphatic heterocycles. The third-order valence-corrected chi connectivity index (χ3v) is 2.42. The van der Waals surface area contributed by atoms with Crippen LogP contribution in [0.1, 0.15) is 37.3 Å². The highest BCUT2D eigenvalue weighted by Crippen LogP contribution is 2.13. The van der Waals surface area contributed by atoms with Crippen LogP contribution in [0.2, 0.25) is 0 Å². The first kappa shape index (κ1) is 10.8. The van der Waals surface area contributed by atoms with Crippen molar-refractivity contribution in [2.24, 2.45) is 0 Å². The van der Waals surface area contributed by atoms with Crippen LogP contribution in [0.15, 0.2) is 24.3 Å². The topological polar surface area (TPSA) is 23.8 Å². The Labute approximate surface area is 86.4 Å². The summed E-state index contributed by atoms with van der Waals surface area (Å²) in [6.07, 6.45) is 5.15. The van der Waals surface area contributed by atoms with Crippen molar-refractivity contribution in [3.8, 4) is 6.07 Å². The summed E-state index contributed by atoms with van der Waals surface area (Å²) in [5.41, 5.74) is 2.77. The smallest absolute Gasteiger partial charge is 0.0625 e. The van der Waals surface area contributed by atoms with Gasteiger partial charge in [-0.3, -0.25) is 0 Å². The summed E-state index contributed by atoms with van der Waals surface area (Å²) in [4.78, 5) is 0. The van der Waals surface area contributed by atoms with Crippen LogP contribution in [-0.2, 0) is 12.8 Å². The van der Waals surface area contributed by atoms with Gasteiger partial charge in [-0.15, -0.1) is 0 Å². The molecule has 14 heavy (non-hydrogen) atoms. The van der Waals surface area contributed by atoms with E-state index in [-0.39, 0.29) is 0 Å². The molecule has 1 rings (SSSR count). The normalized spacial score (nSPS) is 9.71. The minimum atomic E-state index is 0.628. The number of nitrogens with zero attached hydrogens (tertiary/aromatic N) is 1. The lowest BCUT2D eigenvalue weighted by Crippen LogP contribution is -1.93. The second-order valence-corrected chi connectivity index (χ2v) is 3.53. The van der Waals surface area contributed by atoms with E-state index in [9.17, 15) is 0 Å². The Morgan fingerprint density at radius 3 is 2.36 bits per heavy atom. The van der Waals surface area contributed by atoms with E-state index in [1.165, 1.54) is 24.0 Å². The highest BCUT2D eigenvalue weighted by Gasteiger charge is 2.00. The Morgan fingerprint density at radius 2 is 1.79 bits per heavy atom. The Kier molecular flexibility index (Phi) is 4.78. The minimum absolute atomic E-state index is 0.628. The molecule has 0 N–H and O–H groups in total. The second-order valence-electron chi connectivity index (χ2n) is 3.53. The van der Waals surface area contributed by atoms with Gasteiger partial charge >= 0.3 is 0 Å². The summed E-state index contributed by atoms with van der Waals surface area (Å²) in [5.74, 6) is 0. The molecule has 74 valence electrons. The molecule has 0 aliphatic rings. The Hall–Kier alpha value is -1.29. The van der Waals surface area contributed by atoms with Gasteiger partial charge in [0.25, 0.3) is 0 Å². The molecule has 0 heterocycles. The maximum absolute atomic E-state index is 8.54. The molecule has 0 saturated carbocycles. The summed E-state index contributed by atoms with van der Waals surface area (Å²) in [6.45, 7) is 2.21. The standard InChI is InChI=1S/C13H17N/c1-2-3-7-12-8-4-5-9-13(12)10-6-11-14/h4-5,8-9H,2-3,6-7,10H2,1H3. The number of hydrogen-bond acceptors (Lipinski definition) is 1. The zero-order valence-corrected chi connectivity index (χ0v) is 8.79. The number of hydrogen-bond donors (Lipinski definition) is 0. The molecule has 0 bridgehead atoms. The van der Waals surface area contributed by atoms with Gasteiger partial charge in [-0.25, -0.2) is 0 Å². The van der Waals surface area contributed by atoms with Crippen molar-refractivity contribution in [2.45, 2.75) is 39.0 Å². The van der Waals surface area contributed by atoms with Gasteiger partial charge < -0.3 is 0 Å². The molecule has 0 aliphatic carbocycles. The summed E-state index contributed by atoms with van der Waals surface area (Å²) in [5, 5.41) is 8.54. The second kappa shape index (κ2) is 6.21. The molecule has 1 nitrogen and oxygen atoms in total. The maximum Gasteiger partial charge on any atom is 0.0625 e. The van der Waals surface area contributed by atoms with Crippen LogP contribution >= 0.6 is 0 Å². The highest BCUT2D eigenvalue weighted by atomic mass is 14.2. The van der Waals surface area contributed by atoms with Crippen molar-refractivity contribution >= 4 is 0 Å². The van der Waals surface area contributed by atoms with E-state index in [2.05, 4.69) is 37.3 Å². The fourth-order valence-corrected chi connectivity index (χ4v) is 1.60. The highest BCUT2D eigenvalue weighted by molar-refractivity contribution is 5.27. The fraction of sp³-hybridized carbons (Fsp3) is 0.462. The monoisotopic (exact) mass is 187 g/mol. The molecule has 1 aromatic rings. The average Bonchev–Trinajstić information content (AvgIpc) is 2.24. The summed E-state index contributed by atoms with van der Waals surface area (Å²) >= 11 is 0. The van der Waals surface area contributed by atoms with Gasteiger partial charge in [0.15, 0.2) is 0 Å². The van der Waals surface area contributed by atoms with Crippen LogP contribution in [0.3, 0.4) is 0 Å². The lowest BCUT2D eigenvalue weighted by molar-refractivity contribution is 0.784. The van der Waals surface area contributed by atoms with Crippen molar-refractivity contribution < 1.29 is 0 Å². The van der Waals surface area contributed by atoms with Gasteiger partial charge in [-0.05, 0) is 30.4 Å². The molecule has 0 fully saturated rings. The number of unbranched alkanes of at least 4 members (excludes halogenated alkanes) is 1. The van der Waals surface area contributed by atoms with E-state index in [4.69, 9.17) is 5.26 Å². The first-order valence-corrected chi connectivity index (χ1v) is 5.32. The summed E-state index contributed by atoms with van der Waals surface area (Å²) in [7, 11) is 0. The summed E-state index contributed by atoms with van der Waals surface area (Å²) < 4.78 is 0. The molecule has 0 aromatic heterocycles. The van der Waals surface area contributed by atoms with Gasteiger partial charge in [0, 0.05) is 6.42 Å². The van der Waals surface area contributed by atoms with Gasteiger partial charge in [0.05, 0.1) is 6.07 Å². The zero-order valence-electron chi connectivity index (χ0n) is 8.79. The van der Waals surface area contributed by atoms with E-state index >= 15 is 0 Å². The molecule has 0 unspecified atom stereocenters. The largest absolute Gasteiger partial charge is 0.198 e.